The van der Waals surface area contributed by atoms with Crippen LogP contribution in [0.15, 0.2) is 30.0 Å². The molecule has 1 fully saturated rings. The number of likely N-dealkylation sites (tertiary alicyclic amines) is 1. The number of amides is 1. The number of anilines is 1. The molecule has 5 nitrogen and oxygen atoms in total. The van der Waals surface area contributed by atoms with Gasteiger partial charge in [-0.3, -0.25) is 9.78 Å². The number of hydrogen-bond acceptors (Lipinski definition) is 4. The zero-order valence-corrected chi connectivity index (χ0v) is 13.0. The van der Waals surface area contributed by atoms with Crippen LogP contribution in [0, 0.1) is 0 Å². The van der Waals surface area contributed by atoms with E-state index < -0.39 is 12.1 Å². The molecule has 4 N–H and O–H groups in total. The second kappa shape index (κ2) is 8.01. The van der Waals surface area contributed by atoms with Crippen LogP contribution in [-0.4, -0.2) is 34.9 Å². The van der Waals surface area contributed by atoms with E-state index in [-0.39, 0.29) is 24.3 Å². The van der Waals surface area contributed by atoms with Gasteiger partial charge in [-0.05, 0) is 49.8 Å². The molecule has 0 aliphatic carbocycles. The highest BCUT2D eigenvalue weighted by Crippen LogP contribution is 2.22. The van der Waals surface area contributed by atoms with Crippen molar-refractivity contribution < 1.29 is 13.6 Å². The second-order valence-corrected chi connectivity index (χ2v) is 5.77. The maximum atomic E-state index is 12.5. The molecule has 1 aromatic heterocycles. The van der Waals surface area contributed by atoms with Crippen LogP contribution in [0.5, 0.6) is 0 Å². The zero-order chi connectivity index (χ0) is 16.8. The van der Waals surface area contributed by atoms with Crippen LogP contribution >= 0.6 is 0 Å². The summed E-state index contributed by atoms with van der Waals surface area (Å²) in [6.45, 7) is 0.636. The minimum atomic E-state index is -1.61. The Kier molecular flexibility index (Phi) is 6.04. The molecule has 126 valence electrons. The van der Waals surface area contributed by atoms with Gasteiger partial charge in [0.15, 0.2) is 0 Å². The van der Waals surface area contributed by atoms with E-state index in [2.05, 4.69) is 4.98 Å². The van der Waals surface area contributed by atoms with Gasteiger partial charge in [0.2, 0.25) is 5.91 Å². The van der Waals surface area contributed by atoms with E-state index in [0.717, 1.165) is 18.5 Å². The van der Waals surface area contributed by atoms with Crippen molar-refractivity contribution in [3.8, 4) is 0 Å². The van der Waals surface area contributed by atoms with Gasteiger partial charge in [0, 0.05) is 18.8 Å². The predicted octanol–water partition coefficient (Wildman–Crippen LogP) is 2.09. The van der Waals surface area contributed by atoms with Crippen LogP contribution in [0.2, 0.25) is 0 Å². The number of aromatic nitrogens is 1. The van der Waals surface area contributed by atoms with Crippen molar-refractivity contribution >= 4 is 11.6 Å². The standard InChI is InChI=1S/C16H22F2N4O/c17-15(18)11-6-8-22(9-7-11)16(23)14(20)3-1-2-13-5-4-12(19)10-21-13/h4-5,10,14H,1-3,6-9,19-20H2. The first-order valence-electron chi connectivity index (χ1n) is 7.75. The van der Waals surface area contributed by atoms with Gasteiger partial charge in [-0.2, -0.15) is 8.78 Å². The Morgan fingerprint density at radius 1 is 1.30 bits per heavy atom. The molecule has 1 aliphatic rings. The number of nitrogens with zero attached hydrogens (tertiary/aromatic N) is 2. The third kappa shape index (κ3) is 4.99. The van der Waals surface area contributed by atoms with E-state index in [4.69, 9.17) is 11.5 Å². The number of nitrogen functional groups attached to an aromatic ring is 1. The van der Waals surface area contributed by atoms with Gasteiger partial charge in [-0.25, -0.2) is 0 Å². The fourth-order valence-electron chi connectivity index (χ4n) is 2.63. The monoisotopic (exact) mass is 324 g/mol. The summed E-state index contributed by atoms with van der Waals surface area (Å²) in [6.07, 6.45) is 2.46. The number of carbonyl (C=O) groups is 1. The predicted molar refractivity (Wildman–Crippen MR) is 84.6 cm³/mol. The third-order valence-electron chi connectivity index (χ3n) is 4.06. The van der Waals surface area contributed by atoms with Crippen LogP contribution in [0.4, 0.5) is 14.5 Å². The van der Waals surface area contributed by atoms with Crippen molar-refractivity contribution in [2.24, 2.45) is 5.73 Å². The molecule has 1 aliphatic heterocycles. The Morgan fingerprint density at radius 2 is 2.00 bits per heavy atom. The summed E-state index contributed by atoms with van der Waals surface area (Å²) in [5.74, 6) is -0.159. The average molecular weight is 324 g/mol. The third-order valence-corrected chi connectivity index (χ3v) is 4.06. The number of aryl methyl sites for hydroxylation is 1. The lowest BCUT2D eigenvalue weighted by molar-refractivity contribution is -0.133. The Morgan fingerprint density at radius 3 is 2.57 bits per heavy atom. The summed E-state index contributed by atoms with van der Waals surface area (Å²) >= 11 is 0. The topological polar surface area (TPSA) is 85.2 Å². The molecule has 23 heavy (non-hydrogen) atoms. The molecular weight excluding hydrogens is 302 g/mol. The summed E-state index contributed by atoms with van der Waals surface area (Å²) in [5, 5.41) is 0. The first-order chi connectivity index (χ1) is 11.0. The molecule has 0 spiro atoms. The molecule has 1 unspecified atom stereocenters. The minimum Gasteiger partial charge on any atom is -0.397 e. The Balaban J connectivity index is 1.75. The van der Waals surface area contributed by atoms with Gasteiger partial charge >= 0.3 is 0 Å². The van der Waals surface area contributed by atoms with E-state index in [1.165, 1.54) is 0 Å². The van der Waals surface area contributed by atoms with Gasteiger partial charge in [0.25, 0.3) is 6.08 Å². The van der Waals surface area contributed by atoms with Crippen molar-refractivity contribution in [2.45, 2.75) is 38.1 Å². The van der Waals surface area contributed by atoms with Crippen LogP contribution in [-0.2, 0) is 11.2 Å². The first-order valence-corrected chi connectivity index (χ1v) is 7.75. The largest absolute Gasteiger partial charge is 0.397 e. The van der Waals surface area contributed by atoms with Crippen molar-refractivity contribution in [1.82, 2.24) is 9.88 Å². The van der Waals surface area contributed by atoms with Crippen LogP contribution < -0.4 is 11.5 Å². The smallest absolute Gasteiger partial charge is 0.269 e. The lowest BCUT2D eigenvalue weighted by Gasteiger charge is -2.30. The molecule has 1 amide bonds. The van der Waals surface area contributed by atoms with Gasteiger partial charge in [-0.15, -0.1) is 0 Å². The summed E-state index contributed by atoms with van der Waals surface area (Å²) in [5.41, 5.74) is 13.2. The normalized spacial score (nSPS) is 16.3. The minimum absolute atomic E-state index is 0.150. The summed E-state index contributed by atoms with van der Waals surface area (Å²) in [6, 6.07) is 3.05. The first kappa shape index (κ1) is 17.3. The highest BCUT2D eigenvalue weighted by molar-refractivity contribution is 5.81. The molecule has 0 aromatic carbocycles. The van der Waals surface area contributed by atoms with Gasteiger partial charge in [0.05, 0.1) is 17.9 Å². The summed E-state index contributed by atoms with van der Waals surface area (Å²) < 4.78 is 25.0. The SMILES string of the molecule is Nc1ccc(CCCC(N)C(=O)N2CCC(=C(F)F)CC2)nc1. The number of piperidine rings is 1. The van der Waals surface area contributed by atoms with E-state index >= 15 is 0 Å². The molecule has 1 atom stereocenters. The van der Waals surface area contributed by atoms with Crippen molar-refractivity contribution in [3.05, 3.63) is 35.7 Å². The summed E-state index contributed by atoms with van der Waals surface area (Å²) in [4.78, 5) is 18.0. The molecule has 0 radical (unpaired) electrons. The van der Waals surface area contributed by atoms with Crippen molar-refractivity contribution in [1.29, 1.82) is 0 Å². The number of halogens is 2. The van der Waals surface area contributed by atoms with Crippen LogP contribution in [0.25, 0.3) is 0 Å². The molecular formula is C16H22F2N4O. The van der Waals surface area contributed by atoms with E-state index in [0.29, 0.717) is 25.2 Å². The maximum Gasteiger partial charge on any atom is 0.269 e. The van der Waals surface area contributed by atoms with Crippen molar-refractivity contribution in [2.75, 3.05) is 18.8 Å². The quantitative estimate of drug-likeness (QED) is 0.868. The Bertz CT molecular complexity index is 560. The number of rotatable bonds is 5. The number of nitrogens with two attached hydrogens (primary N) is 2. The van der Waals surface area contributed by atoms with E-state index in [9.17, 15) is 13.6 Å². The van der Waals surface area contributed by atoms with Crippen LogP contribution in [0.3, 0.4) is 0 Å². The van der Waals surface area contributed by atoms with E-state index in [1.807, 2.05) is 6.07 Å². The molecule has 2 rings (SSSR count). The Labute approximate surface area is 134 Å². The molecule has 1 aromatic rings. The lowest BCUT2D eigenvalue weighted by atomic mass is 10.0. The number of pyridine rings is 1. The lowest BCUT2D eigenvalue weighted by Crippen LogP contribution is -2.46. The van der Waals surface area contributed by atoms with Crippen LogP contribution in [0.1, 0.15) is 31.4 Å². The number of hydrogen-bond donors (Lipinski definition) is 2. The molecule has 0 bridgehead atoms. The van der Waals surface area contributed by atoms with Gasteiger partial charge in [-0.1, -0.05) is 0 Å². The molecule has 0 saturated carbocycles. The second-order valence-electron chi connectivity index (χ2n) is 5.77. The molecule has 1 saturated heterocycles. The van der Waals surface area contributed by atoms with Crippen molar-refractivity contribution in [3.63, 3.8) is 0 Å². The van der Waals surface area contributed by atoms with Gasteiger partial charge < -0.3 is 16.4 Å². The molecule has 2 heterocycles. The zero-order valence-electron chi connectivity index (χ0n) is 13.0. The highest BCUT2D eigenvalue weighted by atomic mass is 19.3. The molecule has 7 heteroatoms. The maximum absolute atomic E-state index is 12.5. The highest BCUT2D eigenvalue weighted by Gasteiger charge is 2.25. The van der Waals surface area contributed by atoms with Gasteiger partial charge in [0.1, 0.15) is 0 Å². The summed E-state index contributed by atoms with van der Waals surface area (Å²) in [7, 11) is 0. The average Bonchev–Trinajstić information content (AvgIpc) is 2.56. The van der Waals surface area contributed by atoms with E-state index in [1.54, 1.807) is 17.2 Å². The fraction of sp³-hybridized carbons (Fsp3) is 0.500. The number of carbonyl (C=O) groups excluding carboxylic acids is 1. The Hall–Kier alpha value is -2.02. The fourth-order valence-corrected chi connectivity index (χ4v) is 2.63.